The Balaban J connectivity index is -0.000000319. The minimum Gasteiger partial charge on any atom is -1.00 e. The fourth-order valence-electron chi connectivity index (χ4n) is 2.06. The van der Waals surface area contributed by atoms with Crippen LogP contribution in [0.4, 0.5) is 0 Å². The van der Waals surface area contributed by atoms with Gasteiger partial charge in [0.15, 0.2) is 0 Å². The van der Waals surface area contributed by atoms with Crippen molar-refractivity contribution in [1.82, 2.24) is 0 Å². The topological polar surface area (TPSA) is 0 Å². The predicted molar refractivity (Wildman–Crippen MR) is 107 cm³/mol. The molecule has 0 radical (unpaired) electrons. The van der Waals surface area contributed by atoms with Gasteiger partial charge < -0.3 is 24.8 Å². The molecule has 148 valence electrons. The maximum absolute atomic E-state index is 2.25. The van der Waals surface area contributed by atoms with Crippen LogP contribution in [0.5, 0.6) is 0 Å². The standard InChI is InChI=1S/2C10H15.C3H6.2ClH.Zr/c2*1-8-5-6-9(7-8)10(2,3)4;1-3-2;;;/h2*5-7H,1-4H3;1-2H3;2*1H;/q2*-1;;;;+2/p-2. The number of halogens is 2. The first kappa shape index (κ1) is 30.8. The van der Waals surface area contributed by atoms with E-state index >= 15 is 0 Å². The molecule has 2 rings (SSSR count). The summed E-state index contributed by atoms with van der Waals surface area (Å²) in [6, 6.07) is 13.2. The molecule has 0 heterocycles. The Morgan fingerprint density at radius 3 is 1.04 bits per heavy atom. The monoisotopic (exact) mass is 472 g/mol. The molecular weight excluding hydrogens is 438 g/mol. The van der Waals surface area contributed by atoms with Crippen molar-refractivity contribution in [1.29, 1.82) is 0 Å². The molecule has 2 aromatic rings. The smallest absolute Gasteiger partial charge is 0.0635 e. The van der Waals surface area contributed by atoms with E-state index in [-0.39, 0.29) is 24.8 Å². The fraction of sp³-hybridized carbons (Fsp3) is 0.522. The van der Waals surface area contributed by atoms with Crippen LogP contribution >= 0.6 is 0 Å². The Morgan fingerprint density at radius 2 is 0.962 bits per heavy atom. The van der Waals surface area contributed by atoms with Gasteiger partial charge in [0.2, 0.25) is 0 Å². The first-order chi connectivity index (χ1) is 10.7. The minimum absolute atomic E-state index is 0. The Morgan fingerprint density at radius 1 is 0.731 bits per heavy atom. The summed E-state index contributed by atoms with van der Waals surface area (Å²) in [4.78, 5) is 0. The summed E-state index contributed by atoms with van der Waals surface area (Å²) < 4.78 is 1.51. The van der Waals surface area contributed by atoms with Gasteiger partial charge in [-0.25, -0.2) is 12.1 Å². The van der Waals surface area contributed by atoms with Gasteiger partial charge in [0.25, 0.3) is 0 Å². The summed E-state index contributed by atoms with van der Waals surface area (Å²) in [6.07, 6.45) is 0. The van der Waals surface area contributed by atoms with E-state index in [1.165, 1.54) is 25.5 Å². The van der Waals surface area contributed by atoms with E-state index in [2.05, 4.69) is 106 Å². The number of aryl methyl sites for hydroxylation is 2. The molecule has 2 aromatic carbocycles. The Hall–Kier alpha value is 0.0331. The Labute approximate surface area is 190 Å². The van der Waals surface area contributed by atoms with Crippen molar-refractivity contribution in [2.24, 2.45) is 0 Å². The van der Waals surface area contributed by atoms with Crippen molar-refractivity contribution in [3.05, 3.63) is 58.7 Å². The molecule has 0 unspecified atom stereocenters. The van der Waals surface area contributed by atoms with Gasteiger partial charge in [-0.15, -0.1) is 0 Å². The van der Waals surface area contributed by atoms with E-state index in [9.17, 15) is 0 Å². The Bertz CT molecular complexity index is 565. The van der Waals surface area contributed by atoms with E-state index < -0.39 is 0 Å². The average Bonchev–Trinajstić information content (AvgIpc) is 2.96. The molecule has 0 aliphatic heterocycles. The normalized spacial score (nSPS) is 10.3. The van der Waals surface area contributed by atoms with Gasteiger partial charge in [0.05, 0.1) is 0 Å². The van der Waals surface area contributed by atoms with Crippen LogP contribution in [0.25, 0.3) is 0 Å². The molecule has 0 N–H and O–H groups in total. The van der Waals surface area contributed by atoms with Crippen LogP contribution in [0, 0.1) is 13.8 Å². The summed E-state index contributed by atoms with van der Waals surface area (Å²) >= 11 is 1.55. The van der Waals surface area contributed by atoms with E-state index in [1.54, 1.807) is 24.2 Å². The minimum atomic E-state index is 0. The zero-order chi connectivity index (χ0) is 19.1. The van der Waals surface area contributed by atoms with Crippen molar-refractivity contribution >= 4 is 3.21 Å². The van der Waals surface area contributed by atoms with Crippen LogP contribution in [-0.4, -0.2) is 3.21 Å². The van der Waals surface area contributed by atoms with E-state index in [1.807, 2.05) is 0 Å². The van der Waals surface area contributed by atoms with E-state index in [4.69, 9.17) is 0 Å². The van der Waals surface area contributed by atoms with Crippen molar-refractivity contribution in [2.75, 3.05) is 0 Å². The van der Waals surface area contributed by atoms with Gasteiger partial charge in [0.1, 0.15) is 0 Å². The first-order valence-electron chi connectivity index (χ1n) is 8.73. The third kappa shape index (κ3) is 14.1. The second-order valence-electron chi connectivity index (χ2n) is 8.85. The largest absolute Gasteiger partial charge is 1.00 e. The molecule has 3 heteroatoms. The summed E-state index contributed by atoms with van der Waals surface area (Å²) in [7, 11) is 0. The average molecular weight is 475 g/mol. The maximum atomic E-state index is 2.25. The molecule has 0 spiro atoms. The van der Waals surface area contributed by atoms with Crippen molar-refractivity contribution < 1.29 is 49.0 Å². The molecule has 0 amide bonds. The van der Waals surface area contributed by atoms with Crippen molar-refractivity contribution in [3.63, 3.8) is 0 Å². The van der Waals surface area contributed by atoms with Crippen LogP contribution in [-0.2, 0) is 35.1 Å². The Kier molecular flexibility index (Phi) is 15.7. The molecule has 0 aliphatic rings. The number of rotatable bonds is 0. The predicted octanol–water partition coefficient (Wildman–Crippen LogP) is 0.776. The molecule has 0 saturated carbocycles. The second-order valence-corrected chi connectivity index (χ2v) is 11.3. The molecule has 0 aromatic heterocycles. The molecule has 0 saturated heterocycles. The molecule has 0 bridgehead atoms. The number of hydrogen-bond donors (Lipinski definition) is 0. The van der Waals surface area contributed by atoms with Gasteiger partial charge in [-0.3, -0.25) is 0 Å². The molecule has 0 fully saturated rings. The van der Waals surface area contributed by atoms with Crippen LogP contribution in [0.2, 0.25) is 0 Å². The van der Waals surface area contributed by atoms with Gasteiger partial charge in [-0.05, 0) is 0 Å². The van der Waals surface area contributed by atoms with E-state index in [0.717, 1.165) is 0 Å². The second kappa shape index (κ2) is 13.3. The molecular formula is C23H36Cl2Zr-2. The molecule has 26 heavy (non-hydrogen) atoms. The molecule has 0 atom stereocenters. The molecule has 0 aliphatic carbocycles. The van der Waals surface area contributed by atoms with Crippen molar-refractivity contribution in [2.45, 2.75) is 80.1 Å². The molecule has 0 nitrogen and oxygen atoms in total. The first-order valence-corrected chi connectivity index (χ1v) is 9.96. The summed E-state index contributed by atoms with van der Waals surface area (Å²) in [5.41, 5.74) is 6.23. The fourth-order valence-corrected chi connectivity index (χ4v) is 2.06. The third-order valence-electron chi connectivity index (χ3n) is 3.55. The van der Waals surface area contributed by atoms with Crippen molar-refractivity contribution in [3.8, 4) is 0 Å². The SMILES string of the molecule is C[C](C)=[Zr+2].Cc1cc(C(C)(C)C)c[cH-]1.Cc1cc(C(C)(C)C)c[cH-]1.[Cl-].[Cl-]. The quantitative estimate of drug-likeness (QED) is 0.495. The summed E-state index contributed by atoms with van der Waals surface area (Å²) in [5, 5.41) is 0. The van der Waals surface area contributed by atoms with Gasteiger partial charge in [-0.1, -0.05) is 66.2 Å². The van der Waals surface area contributed by atoms with Gasteiger partial charge in [0, 0.05) is 0 Å². The van der Waals surface area contributed by atoms with Crippen LogP contribution in [0.15, 0.2) is 36.4 Å². The zero-order valence-electron chi connectivity index (χ0n) is 18.2. The number of hydrogen-bond acceptors (Lipinski definition) is 0. The van der Waals surface area contributed by atoms with Crippen LogP contribution in [0.3, 0.4) is 0 Å². The zero-order valence-corrected chi connectivity index (χ0v) is 22.2. The van der Waals surface area contributed by atoms with E-state index in [0.29, 0.717) is 10.8 Å². The third-order valence-corrected chi connectivity index (χ3v) is 3.55. The summed E-state index contributed by atoms with van der Waals surface area (Å²) in [5.74, 6) is 0. The maximum Gasteiger partial charge on any atom is -0.0635 e. The van der Waals surface area contributed by atoms with Gasteiger partial charge >= 0.3 is 41.3 Å². The van der Waals surface area contributed by atoms with Crippen LogP contribution < -0.4 is 24.8 Å². The van der Waals surface area contributed by atoms with Gasteiger partial charge in [-0.2, -0.15) is 46.5 Å². The summed E-state index contributed by atoms with van der Waals surface area (Å²) in [6.45, 7) is 21.9. The van der Waals surface area contributed by atoms with Crippen LogP contribution in [0.1, 0.15) is 77.6 Å².